The third kappa shape index (κ3) is 3.41. The smallest absolute Gasteiger partial charge is 0.234 e. The lowest BCUT2D eigenvalue weighted by molar-refractivity contribution is -0.132. The third-order valence-electron chi connectivity index (χ3n) is 6.53. The van der Waals surface area contributed by atoms with Crippen molar-refractivity contribution in [1.29, 1.82) is 0 Å². The van der Waals surface area contributed by atoms with Gasteiger partial charge in [-0.05, 0) is 24.3 Å². The maximum atomic E-state index is 14.4. The van der Waals surface area contributed by atoms with Crippen LogP contribution < -0.4 is 9.64 Å². The molecule has 2 aliphatic rings. The van der Waals surface area contributed by atoms with Gasteiger partial charge in [-0.1, -0.05) is 48.5 Å². The van der Waals surface area contributed by atoms with Gasteiger partial charge < -0.3 is 14.5 Å². The van der Waals surface area contributed by atoms with E-state index in [1.165, 1.54) is 6.07 Å². The molecule has 4 aromatic rings. The molecule has 2 aliphatic heterocycles. The number of fused-ring (bicyclic) bond motifs is 2. The zero-order valence-corrected chi connectivity index (χ0v) is 18.5. The number of hydrogen-bond acceptors (Lipinski definition) is 4. The Balaban J connectivity index is 1.24. The van der Waals surface area contributed by atoms with Gasteiger partial charge in [-0.3, -0.25) is 9.36 Å². The van der Waals surface area contributed by atoms with Crippen molar-refractivity contribution in [1.82, 2.24) is 14.5 Å². The Hall–Kier alpha value is -4.13. The lowest BCUT2D eigenvalue weighted by Gasteiger charge is -2.38. The molecule has 0 atom stereocenters. The molecular formula is C27H23FN4O2. The summed E-state index contributed by atoms with van der Waals surface area (Å²) in [7, 11) is 0. The minimum absolute atomic E-state index is 0.0697. The number of amides is 1. The van der Waals surface area contributed by atoms with Crippen LogP contribution in [0.25, 0.3) is 5.69 Å². The first kappa shape index (κ1) is 20.5. The number of benzene rings is 3. The summed E-state index contributed by atoms with van der Waals surface area (Å²) in [5, 5.41) is 0. The lowest BCUT2D eigenvalue weighted by Crippen LogP contribution is -2.51. The van der Waals surface area contributed by atoms with Gasteiger partial charge in [-0.15, -0.1) is 0 Å². The van der Waals surface area contributed by atoms with Crippen molar-refractivity contribution < 1.29 is 13.9 Å². The molecule has 170 valence electrons. The number of ether oxygens (including phenoxy) is 1. The van der Waals surface area contributed by atoms with E-state index >= 15 is 0 Å². The molecule has 34 heavy (non-hydrogen) atoms. The molecule has 0 N–H and O–H groups in total. The summed E-state index contributed by atoms with van der Waals surface area (Å²) in [5.41, 5.74) is 2.25. The van der Waals surface area contributed by atoms with Crippen LogP contribution in [0, 0.1) is 5.82 Å². The molecule has 1 aromatic heterocycles. The molecule has 1 amide bonds. The van der Waals surface area contributed by atoms with Crippen molar-refractivity contribution in [2.24, 2.45) is 0 Å². The fraction of sp³-hybridized carbons (Fsp3) is 0.185. The monoisotopic (exact) mass is 454 g/mol. The molecule has 6 nitrogen and oxygen atoms in total. The molecule has 0 saturated carbocycles. The summed E-state index contributed by atoms with van der Waals surface area (Å²) in [5.74, 6) is 1.51. The minimum Gasteiger partial charge on any atom is -0.457 e. The van der Waals surface area contributed by atoms with Crippen molar-refractivity contribution >= 4 is 11.9 Å². The normalized spacial score (nSPS) is 15.4. The summed E-state index contributed by atoms with van der Waals surface area (Å²) in [4.78, 5) is 22.3. The Kier molecular flexibility index (Phi) is 5.02. The number of imidazole rings is 1. The molecule has 3 aromatic carbocycles. The summed E-state index contributed by atoms with van der Waals surface area (Å²) >= 11 is 0. The third-order valence-corrected chi connectivity index (χ3v) is 6.53. The van der Waals surface area contributed by atoms with Crippen molar-refractivity contribution in [3.63, 3.8) is 0 Å². The van der Waals surface area contributed by atoms with Crippen molar-refractivity contribution in [2.45, 2.75) is 5.92 Å². The van der Waals surface area contributed by atoms with E-state index in [2.05, 4.69) is 9.88 Å². The molecule has 0 bridgehead atoms. The van der Waals surface area contributed by atoms with E-state index < -0.39 is 5.92 Å². The number of piperazine rings is 1. The van der Waals surface area contributed by atoms with E-state index in [1.54, 1.807) is 29.1 Å². The average Bonchev–Trinajstić information content (AvgIpc) is 3.37. The Morgan fingerprint density at radius 3 is 2.15 bits per heavy atom. The topological polar surface area (TPSA) is 50.6 Å². The van der Waals surface area contributed by atoms with Crippen LogP contribution in [0.5, 0.6) is 11.5 Å². The van der Waals surface area contributed by atoms with Crippen LogP contribution in [-0.4, -0.2) is 46.5 Å². The van der Waals surface area contributed by atoms with E-state index in [-0.39, 0.29) is 11.7 Å². The van der Waals surface area contributed by atoms with Crippen LogP contribution >= 0.6 is 0 Å². The van der Waals surface area contributed by atoms with Crippen LogP contribution in [0.3, 0.4) is 0 Å². The van der Waals surface area contributed by atoms with E-state index in [1.807, 2.05) is 59.5 Å². The van der Waals surface area contributed by atoms with Crippen molar-refractivity contribution in [3.05, 3.63) is 102 Å². The zero-order chi connectivity index (χ0) is 23.1. The number of nitrogens with zero attached hydrogens (tertiary/aromatic N) is 4. The van der Waals surface area contributed by atoms with Crippen molar-refractivity contribution in [3.8, 4) is 17.2 Å². The molecule has 0 radical (unpaired) electrons. The number of para-hydroxylation sites is 3. The molecule has 7 heteroatoms. The number of carbonyl (C=O) groups excluding carboxylic acids is 1. The van der Waals surface area contributed by atoms with E-state index in [4.69, 9.17) is 4.74 Å². The Bertz CT molecular complexity index is 1310. The van der Waals surface area contributed by atoms with Gasteiger partial charge in [0.1, 0.15) is 17.3 Å². The molecule has 0 spiro atoms. The van der Waals surface area contributed by atoms with Gasteiger partial charge in [-0.2, -0.15) is 0 Å². The van der Waals surface area contributed by atoms with Crippen LogP contribution in [0.2, 0.25) is 0 Å². The Morgan fingerprint density at radius 1 is 0.853 bits per heavy atom. The minimum atomic E-state index is -0.395. The Morgan fingerprint density at radius 2 is 1.47 bits per heavy atom. The van der Waals surface area contributed by atoms with Gasteiger partial charge in [0, 0.05) is 49.7 Å². The highest BCUT2D eigenvalue weighted by Gasteiger charge is 2.36. The number of halogens is 1. The molecule has 1 fully saturated rings. The molecule has 6 rings (SSSR count). The highest BCUT2D eigenvalue weighted by molar-refractivity contribution is 5.90. The average molecular weight is 455 g/mol. The lowest BCUT2D eigenvalue weighted by atomic mass is 9.86. The van der Waals surface area contributed by atoms with Crippen LogP contribution in [0.15, 0.2) is 85.2 Å². The molecule has 1 saturated heterocycles. The largest absolute Gasteiger partial charge is 0.457 e. The summed E-state index contributed by atoms with van der Waals surface area (Å²) in [6, 6.07) is 22.1. The number of hydrogen-bond donors (Lipinski definition) is 0. The SMILES string of the molecule is O=C(C1c2ccccc2Oc2ccccc21)N1CCN(c2nccn2-c2ccccc2F)CC1. The predicted octanol–water partition coefficient (Wildman–Crippen LogP) is 4.60. The second kappa shape index (κ2) is 8.33. The quantitative estimate of drug-likeness (QED) is 0.454. The first-order chi connectivity index (χ1) is 16.7. The summed E-state index contributed by atoms with van der Waals surface area (Å²) in [6.45, 7) is 2.35. The highest BCUT2D eigenvalue weighted by Crippen LogP contribution is 2.44. The molecule has 0 unspecified atom stereocenters. The summed E-state index contributed by atoms with van der Waals surface area (Å²) in [6.07, 6.45) is 3.44. The maximum absolute atomic E-state index is 14.4. The van der Waals surface area contributed by atoms with Gasteiger partial charge in [0.25, 0.3) is 0 Å². The number of rotatable bonds is 3. The first-order valence-corrected chi connectivity index (χ1v) is 11.4. The number of anilines is 1. The second-order valence-electron chi connectivity index (χ2n) is 8.47. The maximum Gasteiger partial charge on any atom is 0.234 e. The summed E-state index contributed by atoms with van der Waals surface area (Å²) < 4.78 is 22.2. The van der Waals surface area contributed by atoms with Gasteiger partial charge >= 0.3 is 0 Å². The Labute approximate surface area is 196 Å². The molecular weight excluding hydrogens is 431 g/mol. The molecule has 3 heterocycles. The van der Waals surface area contributed by atoms with Gasteiger partial charge in [0.15, 0.2) is 0 Å². The van der Waals surface area contributed by atoms with Gasteiger partial charge in [0.2, 0.25) is 11.9 Å². The van der Waals surface area contributed by atoms with E-state index in [0.29, 0.717) is 37.8 Å². The first-order valence-electron chi connectivity index (χ1n) is 11.4. The highest BCUT2D eigenvalue weighted by atomic mass is 19.1. The standard InChI is InChI=1S/C27H23FN4O2/c28-21-9-3-4-10-22(21)32-14-13-29-27(32)31-17-15-30(16-18-31)26(33)25-19-7-1-5-11-23(19)34-24-12-6-2-8-20(24)25/h1-14,25H,15-18H2. The van der Waals surface area contributed by atoms with E-state index in [0.717, 1.165) is 22.6 Å². The van der Waals surface area contributed by atoms with Gasteiger partial charge in [-0.25, -0.2) is 9.37 Å². The molecule has 0 aliphatic carbocycles. The fourth-order valence-electron chi connectivity index (χ4n) is 4.85. The van der Waals surface area contributed by atoms with Crippen LogP contribution in [-0.2, 0) is 4.79 Å². The second-order valence-corrected chi connectivity index (χ2v) is 8.47. The number of carbonyl (C=O) groups is 1. The fourth-order valence-corrected chi connectivity index (χ4v) is 4.85. The van der Waals surface area contributed by atoms with E-state index in [9.17, 15) is 9.18 Å². The van der Waals surface area contributed by atoms with Crippen LogP contribution in [0.1, 0.15) is 17.0 Å². The van der Waals surface area contributed by atoms with Gasteiger partial charge in [0.05, 0.1) is 11.6 Å². The van der Waals surface area contributed by atoms with Crippen LogP contribution in [0.4, 0.5) is 10.3 Å². The zero-order valence-electron chi connectivity index (χ0n) is 18.5. The van der Waals surface area contributed by atoms with Crippen molar-refractivity contribution in [2.75, 3.05) is 31.1 Å². The predicted molar refractivity (Wildman–Crippen MR) is 127 cm³/mol. The number of aromatic nitrogens is 2.